The van der Waals surface area contributed by atoms with Gasteiger partial charge in [-0.3, -0.25) is 9.59 Å². The lowest BCUT2D eigenvalue weighted by Crippen LogP contribution is -2.22. The molecule has 0 amide bonds. The Hall–Kier alpha value is -2.89. The average molecular weight is 311 g/mol. The van der Waals surface area contributed by atoms with E-state index in [1.165, 1.54) is 6.92 Å². The summed E-state index contributed by atoms with van der Waals surface area (Å²) in [4.78, 5) is 29.3. The molecule has 3 rings (SSSR count). The number of ketones is 1. The van der Waals surface area contributed by atoms with Gasteiger partial charge in [0.2, 0.25) is 5.43 Å². The van der Waals surface area contributed by atoms with Crippen LogP contribution in [-0.2, 0) is 6.54 Å². The Kier molecular flexibility index (Phi) is 3.52. The third kappa shape index (κ3) is 2.14. The van der Waals surface area contributed by atoms with Crippen molar-refractivity contribution in [2.75, 3.05) is 0 Å². The number of aromatic nitrogens is 3. The van der Waals surface area contributed by atoms with E-state index >= 15 is 0 Å². The fraction of sp³-hybridized carbons (Fsp3) is 0.235. The van der Waals surface area contributed by atoms with Crippen LogP contribution in [0.1, 0.15) is 30.0 Å². The molecule has 2 aromatic heterocycles. The van der Waals surface area contributed by atoms with Gasteiger partial charge in [0.15, 0.2) is 11.4 Å². The van der Waals surface area contributed by atoms with Gasteiger partial charge in [-0.2, -0.15) is 4.73 Å². The number of carbonyl (C=O) groups is 1. The summed E-state index contributed by atoms with van der Waals surface area (Å²) in [7, 11) is 0. The van der Waals surface area contributed by atoms with Crippen molar-refractivity contribution in [1.82, 2.24) is 14.3 Å². The van der Waals surface area contributed by atoms with Crippen LogP contribution in [0.5, 0.6) is 0 Å². The first-order valence-electron chi connectivity index (χ1n) is 7.38. The second kappa shape index (κ2) is 5.39. The first-order valence-corrected chi connectivity index (χ1v) is 7.38. The van der Waals surface area contributed by atoms with E-state index in [0.29, 0.717) is 17.9 Å². The molecule has 1 N–H and O–H groups in total. The fourth-order valence-corrected chi connectivity index (χ4v) is 2.93. The summed E-state index contributed by atoms with van der Waals surface area (Å²) in [6.45, 7) is 5.50. The number of aryl methyl sites for hydroxylation is 2. The molecule has 2 heterocycles. The molecule has 6 heteroatoms. The minimum absolute atomic E-state index is 0.0270. The number of carbonyl (C=O) groups excluding carboxylic acids is 1. The van der Waals surface area contributed by atoms with Crippen molar-refractivity contribution >= 4 is 16.9 Å². The standard InChI is InChI=1S/C17H17N3O3/c1-4-19-11(3)18-17-15(19)16(22)13(10(2)21)14(20(17)23)12-8-6-5-7-9-12/h5-9,23H,4H2,1-3H3. The number of hydrogen-bond acceptors (Lipinski definition) is 4. The SMILES string of the molecule is CCn1c(C)nc2c1c(=O)c(C(C)=O)c(-c1ccccc1)n2O. The van der Waals surface area contributed by atoms with Gasteiger partial charge >= 0.3 is 0 Å². The van der Waals surface area contributed by atoms with Crippen LogP contribution >= 0.6 is 0 Å². The molecule has 0 atom stereocenters. The number of pyridine rings is 1. The molecule has 0 aliphatic rings. The van der Waals surface area contributed by atoms with Gasteiger partial charge in [0.05, 0.1) is 5.56 Å². The minimum atomic E-state index is -0.404. The molecule has 0 fully saturated rings. The molecular formula is C17H17N3O3. The summed E-state index contributed by atoms with van der Waals surface area (Å²) in [5.74, 6) is 0.224. The Morgan fingerprint density at radius 3 is 2.48 bits per heavy atom. The summed E-state index contributed by atoms with van der Waals surface area (Å²) in [5.41, 5.74) is 0.745. The number of hydrogen-bond donors (Lipinski definition) is 1. The maximum atomic E-state index is 12.9. The highest BCUT2D eigenvalue weighted by Crippen LogP contribution is 2.25. The van der Waals surface area contributed by atoms with Crippen LogP contribution in [0.15, 0.2) is 35.1 Å². The van der Waals surface area contributed by atoms with Crippen molar-refractivity contribution in [2.45, 2.75) is 27.3 Å². The van der Waals surface area contributed by atoms with Gasteiger partial charge < -0.3 is 9.77 Å². The lowest BCUT2D eigenvalue weighted by molar-refractivity contribution is 0.101. The molecule has 0 aliphatic heterocycles. The molecule has 0 radical (unpaired) electrons. The van der Waals surface area contributed by atoms with Crippen LogP contribution in [0.25, 0.3) is 22.4 Å². The fourth-order valence-electron chi connectivity index (χ4n) is 2.93. The van der Waals surface area contributed by atoms with E-state index in [2.05, 4.69) is 4.98 Å². The molecule has 6 nitrogen and oxygen atoms in total. The van der Waals surface area contributed by atoms with Crippen molar-refractivity contribution < 1.29 is 10.0 Å². The van der Waals surface area contributed by atoms with Gasteiger partial charge in [0.25, 0.3) is 0 Å². The van der Waals surface area contributed by atoms with Crippen molar-refractivity contribution in [2.24, 2.45) is 0 Å². The predicted molar refractivity (Wildman–Crippen MR) is 87.0 cm³/mol. The molecule has 0 unspecified atom stereocenters. The lowest BCUT2D eigenvalue weighted by Gasteiger charge is -2.12. The monoisotopic (exact) mass is 311 g/mol. The average Bonchev–Trinajstić information content (AvgIpc) is 2.88. The summed E-state index contributed by atoms with van der Waals surface area (Å²) in [6.07, 6.45) is 0. The Balaban J connectivity index is 2.56. The highest BCUT2D eigenvalue weighted by Gasteiger charge is 2.25. The van der Waals surface area contributed by atoms with Crippen LogP contribution in [0.3, 0.4) is 0 Å². The van der Waals surface area contributed by atoms with E-state index in [4.69, 9.17) is 0 Å². The van der Waals surface area contributed by atoms with Crippen LogP contribution < -0.4 is 5.43 Å². The summed E-state index contributed by atoms with van der Waals surface area (Å²) in [6, 6.07) is 8.87. The van der Waals surface area contributed by atoms with Crippen LogP contribution in [0.2, 0.25) is 0 Å². The molecular weight excluding hydrogens is 294 g/mol. The van der Waals surface area contributed by atoms with Crippen molar-refractivity contribution in [3.63, 3.8) is 0 Å². The third-order valence-corrected chi connectivity index (χ3v) is 3.95. The molecule has 0 spiro atoms. The molecule has 3 aromatic rings. The topological polar surface area (TPSA) is 77.1 Å². The van der Waals surface area contributed by atoms with E-state index in [1.807, 2.05) is 13.0 Å². The van der Waals surface area contributed by atoms with Crippen LogP contribution in [0.4, 0.5) is 0 Å². The molecule has 0 bridgehead atoms. The van der Waals surface area contributed by atoms with Crippen LogP contribution in [0, 0.1) is 6.92 Å². The number of benzene rings is 1. The summed E-state index contributed by atoms with van der Waals surface area (Å²) >= 11 is 0. The quantitative estimate of drug-likeness (QED) is 0.596. The number of fused-ring (bicyclic) bond motifs is 1. The molecule has 0 aliphatic carbocycles. The van der Waals surface area contributed by atoms with Gasteiger partial charge in [0.1, 0.15) is 17.0 Å². The van der Waals surface area contributed by atoms with Gasteiger partial charge in [-0.25, -0.2) is 4.98 Å². The first-order chi connectivity index (χ1) is 11.0. The van der Waals surface area contributed by atoms with Gasteiger partial charge in [-0.1, -0.05) is 30.3 Å². The Bertz CT molecular complexity index is 968. The molecule has 118 valence electrons. The second-order valence-electron chi connectivity index (χ2n) is 5.36. The zero-order valence-electron chi connectivity index (χ0n) is 13.2. The Morgan fingerprint density at radius 1 is 1.26 bits per heavy atom. The molecule has 1 aromatic carbocycles. The lowest BCUT2D eigenvalue weighted by atomic mass is 10.0. The molecule has 23 heavy (non-hydrogen) atoms. The largest absolute Gasteiger partial charge is 0.426 e. The molecule has 0 saturated carbocycles. The number of Topliss-reactive ketones (excluding diaryl/α,β-unsaturated/α-hetero) is 1. The normalized spacial score (nSPS) is 11.1. The van der Waals surface area contributed by atoms with Crippen molar-refractivity contribution in [3.05, 3.63) is 51.9 Å². The number of nitrogens with zero attached hydrogens (tertiary/aromatic N) is 3. The maximum absolute atomic E-state index is 12.9. The predicted octanol–water partition coefficient (Wildman–Crippen LogP) is 2.63. The van der Waals surface area contributed by atoms with E-state index in [9.17, 15) is 14.8 Å². The van der Waals surface area contributed by atoms with E-state index in [-0.39, 0.29) is 28.2 Å². The summed E-state index contributed by atoms with van der Waals surface area (Å²) < 4.78 is 2.55. The van der Waals surface area contributed by atoms with Crippen LogP contribution in [-0.4, -0.2) is 25.3 Å². The first kappa shape index (κ1) is 15.0. The number of imidazole rings is 1. The van der Waals surface area contributed by atoms with Crippen molar-refractivity contribution in [3.8, 4) is 11.3 Å². The maximum Gasteiger partial charge on any atom is 0.219 e. The second-order valence-corrected chi connectivity index (χ2v) is 5.36. The third-order valence-electron chi connectivity index (χ3n) is 3.95. The Labute approximate surface area is 132 Å². The zero-order valence-corrected chi connectivity index (χ0v) is 13.2. The van der Waals surface area contributed by atoms with Gasteiger partial charge in [-0.15, -0.1) is 0 Å². The number of rotatable bonds is 3. The highest BCUT2D eigenvalue weighted by atomic mass is 16.5. The minimum Gasteiger partial charge on any atom is -0.426 e. The highest BCUT2D eigenvalue weighted by molar-refractivity contribution is 6.02. The smallest absolute Gasteiger partial charge is 0.219 e. The summed E-state index contributed by atoms with van der Waals surface area (Å²) in [5, 5.41) is 10.6. The van der Waals surface area contributed by atoms with E-state index in [0.717, 1.165) is 4.73 Å². The van der Waals surface area contributed by atoms with E-state index < -0.39 is 5.43 Å². The van der Waals surface area contributed by atoms with Gasteiger partial charge in [-0.05, 0) is 20.8 Å². The molecule has 0 saturated heterocycles. The van der Waals surface area contributed by atoms with E-state index in [1.54, 1.807) is 35.8 Å². The Morgan fingerprint density at radius 2 is 1.91 bits per heavy atom. The van der Waals surface area contributed by atoms with Crippen molar-refractivity contribution in [1.29, 1.82) is 0 Å². The zero-order chi connectivity index (χ0) is 16.7. The van der Waals surface area contributed by atoms with Gasteiger partial charge in [0, 0.05) is 12.1 Å².